The molecule has 2 N–H and O–H groups in total. The van der Waals surface area contributed by atoms with Gasteiger partial charge < -0.3 is 14.9 Å². The molecule has 102 valence electrons. The summed E-state index contributed by atoms with van der Waals surface area (Å²) < 4.78 is 4.93. The second-order valence-electron chi connectivity index (χ2n) is 4.33. The zero-order valence-electron chi connectivity index (χ0n) is 11.0. The Balaban J connectivity index is 2.21. The van der Waals surface area contributed by atoms with E-state index < -0.39 is 0 Å². The summed E-state index contributed by atoms with van der Waals surface area (Å²) in [5.41, 5.74) is 0. The SMILES string of the molecule is CCC(CCO)CNC(=O)CCc1nc(C)no1. The van der Waals surface area contributed by atoms with Gasteiger partial charge in [-0.15, -0.1) is 0 Å². The van der Waals surface area contributed by atoms with Crippen molar-refractivity contribution in [2.45, 2.75) is 39.5 Å². The van der Waals surface area contributed by atoms with E-state index in [9.17, 15) is 4.79 Å². The maximum Gasteiger partial charge on any atom is 0.227 e. The lowest BCUT2D eigenvalue weighted by Crippen LogP contribution is -2.29. The molecule has 1 aromatic heterocycles. The van der Waals surface area contributed by atoms with Crippen molar-refractivity contribution < 1.29 is 14.4 Å². The molecule has 0 saturated heterocycles. The van der Waals surface area contributed by atoms with Crippen LogP contribution in [-0.4, -0.2) is 34.3 Å². The molecule has 6 heteroatoms. The number of aliphatic hydroxyl groups excluding tert-OH is 1. The summed E-state index contributed by atoms with van der Waals surface area (Å²) in [7, 11) is 0. The predicted molar refractivity (Wildman–Crippen MR) is 65.8 cm³/mol. The molecule has 1 unspecified atom stereocenters. The van der Waals surface area contributed by atoms with Gasteiger partial charge in [0.25, 0.3) is 0 Å². The first-order valence-corrected chi connectivity index (χ1v) is 6.32. The molecule has 18 heavy (non-hydrogen) atoms. The number of amides is 1. The molecule has 1 aromatic rings. The number of rotatable bonds is 8. The van der Waals surface area contributed by atoms with E-state index in [0.29, 0.717) is 37.0 Å². The topological polar surface area (TPSA) is 88.2 Å². The average Bonchev–Trinajstić information content (AvgIpc) is 2.77. The van der Waals surface area contributed by atoms with Crippen molar-refractivity contribution in [3.8, 4) is 0 Å². The van der Waals surface area contributed by atoms with Gasteiger partial charge in [-0.05, 0) is 19.3 Å². The van der Waals surface area contributed by atoms with Crippen LogP contribution < -0.4 is 5.32 Å². The number of hydrogen-bond acceptors (Lipinski definition) is 5. The van der Waals surface area contributed by atoms with Crippen LogP contribution in [0.25, 0.3) is 0 Å². The lowest BCUT2D eigenvalue weighted by atomic mass is 10.0. The van der Waals surface area contributed by atoms with Gasteiger partial charge in [-0.25, -0.2) is 0 Å². The van der Waals surface area contributed by atoms with Gasteiger partial charge in [0.05, 0.1) is 0 Å². The lowest BCUT2D eigenvalue weighted by Gasteiger charge is -2.13. The van der Waals surface area contributed by atoms with E-state index >= 15 is 0 Å². The smallest absolute Gasteiger partial charge is 0.227 e. The lowest BCUT2D eigenvalue weighted by molar-refractivity contribution is -0.121. The molecular formula is C12H21N3O3. The summed E-state index contributed by atoms with van der Waals surface area (Å²) in [4.78, 5) is 15.6. The molecule has 0 aliphatic rings. The minimum atomic E-state index is -0.0257. The van der Waals surface area contributed by atoms with Crippen molar-refractivity contribution in [3.63, 3.8) is 0 Å². The molecule has 0 fully saturated rings. The van der Waals surface area contributed by atoms with E-state index in [4.69, 9.17) is 9.63 Å². The molecule has 0 aromatic carbocycles. The number of carbonyl (C=O) groups excluding carboxylic acids is 1. The van der Waals surface area contributed by atoms with E-state index in [1.165, 1.54) is 0 Å². The molecule has 1 atom stereocenters. The van der Waals surface area contributed by atoms with Gasteiger partial charge in [-0.2, -0.15) is 4.98 Å². The third kappa shape index (κ3) is 5.27. The highest BCUT2D eigenvalue weighted by Gasteiger charge is 2.10. The Morgan fingerprint density at radius 3 is 2.89 bits per heavy atom. The monoisotopic (exact) mass is 255 g/mol. The van der Waals surface area contributed by atoms with Crippen molar-refractivity contribution in [3.05, 3.63) is 11.7 Å². The van der Waals surface area contributed by atoms with Crippen LogP contribution in [0.5, 0.6) is 0 Å². The zero-order valence-corrected chi connectivity index (χ0v) is 11.0. The largest absolute Gasteiger partial charge is 0.396 e. The van der Waals surface area contributed by atoms with Crippen molar-refractivity contribution >= 4 is 5.91 Å². The van der Waals surface area contributed by atoms with Crippen molar-refractivity contribution in [2.24, 2.45) is 5.92 Å². The summed E-state index contributed by atoms with van der Waals surface area (Å²) in [6.45, 7) is 4.57. The van der Waals surface area contributed by atoms with Gasteiger partial charge in [0.1, 0.15) is 0 Å². The second kappa shape index (κ2) is 7.81. The molecule has 0 radical (unpaired) electrons. The molecule has 1 amide bonds. The molecule has 0 aliphatic heterocycles. The number of aromatic nitrogens is 2. The Morgan fingerprint density at radius 2 is 2.33 bits per heavy atom. The quantitative estimate of drug-likeness (QED) is 0.718. The van der Waals surface area contributed by atoms with Crippen LogP contribution in [0.2, 0.25) is 0 Å². The van der Waals surface area contributed by atoms with E-state index in [2.05, 4.69) is 15.5 Å². The van der Waals surface area contributed by atoms with E-state index in [1.807, 2.05) is 6.92 Å². The van der Waals surface area contributed by atoms with Crippen LogP contribution in [0.15, 0.2) is 4.52 Å². The highest BCUT2D eigenvalue weighted by Crippen LogP contribution is 2.06. The van der Waals surface area contributed by atoms with Gasteiger partial charge >= 0.3 is 0 Å². The fraction of sp³-hybridized carbons (Fsp3) is 0.750. The van der Waals surface area contributed by atoms with Gasteiger partial charge in [0.2, 0.25) is 11.8 Å². The Labute approximate surface area is 107 Å². The van der Waals surface area contributed by atoms with E-state index in [0.717, 1.165) is 12.8 Å². The minimum absolute atomic E-state index is 0.0257. The highest BCUT2D eigenvalue weighted by molar-refractivity contribution is 5.75. The third-order valence-corrected chi connectivity index (χ3v) is 2.84. The fourth-order valence-corrected chi connectivity index (χ4v) is 1.64. The zero-order chi connectivity index (χ0) is 13.4. The van der Waals surface area contributed by atoms with Crippen LogP contribution in [0.3, 0.4) is 0 Å². The van der Waals surface area contributed by atoms with Crippen molar-refractivity contribution in [2.75, 3.05) is 13.2 Å². The molecule has 6 nitrogen and oxygen atoms in total. The van der Waals surface area contributed by atoms with Crippen LogP contribution in [-0.2, 0) is 11.2 Å². The minimum Gasteiger partial charge on any atom is -0.396 e. The van der Waals surface area contributed by atoms with Crippen LogP contribution >= 0.6 is 0 Å². The molecular weight excluding hydrogens is 234 g/mol. The number of aryl methyl sites for hydroxylation is 2. The first-order valence-electron chi connectivity index (χ1n) is 6.32. The Bertz CT molecular complexity index is 365. The van der Waals surface area contributed by atoms with Gasteiger partial charge in [-0.3, -0.25) is 4.79 Å². The molecule has 1 heterocycles. The number of nitrogens with one attached hydrogen (secondary N) is 1. The van der Waals surface area contributed by atoms with Crippen LogP contribution in [0, 0.1) is 12.8 Å². The maximum atomic E-state index is 11.6. The summed E-state index contributed by atoms with van der Waals surface area (Å²) in [6, 6.07) is 0. The Hall–Kier alpha value is -1.43. The summed E-state index contributed by atoms with van der Waals surface area (Å²) >= 11 is 0. The van der Waals surface area contributed by atoms with Gasteiger partial charge in [0.15, 0.2) is 5.82 Å². The standard InChI is InChI=1S/C12H21N3O3/c1-3-10(6-7-16)8-13-11(17)4-5-12-14-9(2)15-18-12/h10,16H,3-8H2,1-2H3,(H,13,17). The molecule has 0 aliphatic carbocycles. The first kappa shape index (κ1) is 14.6. The van der Waals surface area contributed by atoms with E-state index in [1.54, 1.807) is 6.92 Å². The number of aliphatic hydroxyl groups is 1. The molecule has 0 bridgehead atoms. The maximum absolute atomic E-state index is 11.6. The summed E-state index contributed by atoms with van der Waals surface area (Å²) in [5, 5.41) is 15.4. The predicted octanol–water partition coefficient (Wildman–Crippen LogP) is 0.835. The fourth-order valence-electron chi connectivity index (χ4n) is 1.64. The van der Waals surface area contributed by atoms with Gasteiger partial charge in [0, 0.05) is 26.0 Å². The molecule has 0 spiro atoms. The molecule has 0 saturated carbocycles. The average molecular weight is 255 g/mol. The first-order chi connectivity index (χ1) is 8.65. The van der Waals surface area contributed by atoms with Crippen LogP contribution in [0.1, 0.15) is 37.9 Å². The Kier molecular flexibility index (Phi) is 6.35. The summed E-state index contributed by atoms with van der Waals surface area (Å²) in [6.07, 6.45) is 2.48. The third-order valence-electron chi connectivity index (χ3n) is 2.84. The summed E-state index contributed by atoms with van der Waals surface area (Å²) in [5.74, 6) is 1.39. The second-order valence-corrected chi connectivity index (χ2v) is 4.33. The number of nitrogens with zero attached hydrogens (tertiary/aromatic N) is 2. The highest BCUT2D eigenvalue weighted by atomic mass is 16.5. The van der Waals surface area contributed by atoms with Gasteiger partial charge in [-0.1, -0.05) is 18.5 Å². The number of carbonyl (C=O) groups is 1. The van der Waals surface area contributed by atoms with E-state index in [-0.39, 0.29) is 12.5 Å². The van der Waals surface area contributed by atoms with Crippen LogP contribution in [0.4, 0.5) is 0 Å². The Morgan fingerprint density at radius 1 is 1.56 bits per heavy atom. The molecule has 1 rings (SSSR count). The van der Waals surface area contributed by atoms with Crippen molar-refractivity contribution in [1.29, 1.82) is 0 Å². The van der Waals surface area contributed by atoms with Crippen molar-refractivity contribution in [1.82, 2.24) is 15.5 Å². The number of hydrogen-bond donors (Lipinski definition) is 2. The normalized spacial score (nSPS) is 12.4.